The van der Waals surface area contributed by atoms with Gasteiger partial charge >= 0.3 is 0 Å². The second-order valence-electron chi connectivity index (χ2n) is 9.05. The lowest BCUT2D eigenvalue weighted by Crippen LogP contribution is -2.53. The Hall–Kier alpha value is -1.64. The Bertz CT molecular complexity index is 830. The van der Waals surface area contributed by atoms with Crippen LogP contribution in [0.15, 0.2) is 29.2 Å². The number of fused-ring (bicyclic) bond motifs is 1. The lowest BCUT2D eigenvalue weighted by Gasteiger charge is -2.45. The lowest BCUT2D eigenvalue weighted by molar-refractivity contribution is -0.134. The molecule has 0 atom stereocenters. The molecule has 162 valence electrons. The number of likely N-dealkylation sites (N-methyl/N-ethyl adjacent to an activating group) is 1. The molecule has 7 nitrogen and oxygen atoms in total. The highest BCUT2D eigenvalue weighted by Gasteiger charge is 2.43. The third kappa shape index (κ3) is 4.92. The van der Waals surface area contributed by atoms with Gasteiger partial charge in [0.15, 0.2) is 0 Å². The SMILES string of the molecule is CC(C)CN1CC2(CCN(C(=O)CN(C)C)CC2)COc2ccccc2S1(=O)=O. The van der Waals surface area contributed by atoms with Crippen LogP contribution in [0.5, 0.6) is 5.75 Å². The number of carbonyl (C=O) groups excluding carboxylic acids is 1. The van der Waals surface area contributed by atoms with E-state index in [1.807, 2.05) is 37.7 Å². The van der Waals surface area contributed by atoms with E-state index in [1.165, 1.54) is 0 Å². The van der Waals surface area contributed by atoms with Crippen molar-refractivity contribution in [3.63, 3.8) is 0 Å². The van der Waals surface area contributed by atoms with Gasteiger partial charge in [0.25, 0.3) is 0 Å². The number of likely N-dealkylation sites (tertiary alicyclic amines) is 1. The minimum absolute atomic E-state index is 0.119. The summed E-state index contributed by atoms with van der Waals surface area (Å²) in [6, 6.07) is 6.89. The number of ether oxygens (including phenoxy) is 1. The van der Waals surface area contributed by atoms with Crippen LogP contribution in [0, 0.1) is 11.3 Å². The molecular formula is C21H33N3O4S. The monoisotopic (exact) mass is 423 g/mol. The standard InChI is InChI=1S/C21H33N3O4S/c1-17(2)13-24-15-21(9-11-23(12-10-21)20(25)14-22(3)4)16-28-18-7-5-6-8-19(18)29(24,26)27/h5-8,17H,9-16H2,1-4H3. The summed E-state index contributed by atoms with van der Waals surface area (Å²) in [4.78, 5) is 16.4. The van der Waals surface area contributed by atoms with Crippen LogP contribution in [-0.4, -0.2) is 81.9 Å². The third-order valence-electron chi connectivity index (χ3n) is 5.71. The summed E-state index contributed by atoms with van der Waals surface area (Å²) in [5.74, 6) is 0.760. The number of piperidine rings is 1. The van der Waals surface area contributed by atoms with Crippen LogP contribution in [0.2, 0.25) is 0 Å². The van der Waals surface area contributed by atoms with E-state index in [4.69, 9.17) is 4.74 Å². The minimum Gasteiger partial charge on any atom is -0.492 e. The molecule has 1 amide bonds. The number of sulfonamides is 1. The van der Waals surface area contributed by atoms with Crippen molar-refractivity contribution >= 4 is 15.9 Å². The van der Waals surface area contributed by atoms with Gasteiger partial charge in [0, 0.05) is 31.6 Å². The summed E-state index contributed by atoms with van der Waals surface area (Å²) in [5, 5.41) is 0. The predicted molar refractivity (Wildman–Crippen MR) is 112 cm³/mol. The molecule has 2 heterocycles. The highest BCUT2D eigenvalue weighted by molar-refractivity contribution is 7.89. The quantitative estimate of drug-likeness (QED) is 0.740. The van der Waals surface area contributed by atoms with Crippen molar-refractivity contribution in [3.05, 3.63) is 24.3 Å². The molecule has 0 N–H and O–H groups in total. The molecule has 1 aromatic carbocycles. The Morgan fingerprint density at radius 2 is 1.86 bits per heavy atom. The molecule has 0 aliphatic carbocycles. The first-order valence-corrected chi connectivity index (χ1v) is 11.7. The van der Waals surface area contributed by atoms with Gasteiger partial charge in [-0.2, -0.15) is 4.31 Å². The molecule has 0 radical (unpaired) electrons. The molecule has 29 heavy (non-hydrogen) atoms. The zero-order chi connectivity index (χ0) is 21.2. The molecule has 8 heteroatoms. The fourth-order valence-electron chi connectivity index (χ4n) is 4.13. The average Bonchev–Trinajstić information content (AvgIpc) is 2.65. The fourth-order valence-corrected chi connectivity index (χ4v) is 5.98. The van der Waals surface area contributed by atoms with Crippen molar-refractivity contribution in [2.45, 2.75) is 31.6 Å². The summed E-state index contributed by atoms with van der Waals surface area (Å²) in [5.41, 5.74) is -0.287. The van der Waals surface area contributed by atoms with Crippen LogP contribution >= 0.6 is 0 Å². The molecule has 2 aliphatic rings. The number of hydrogen-bond acceptors (Lipinski definition) is 5. The van der Waals surface area contributed by atoms with Gasteiger partial charge in [0.1, 0.15) is 10.6 Å². The number of amides is 1. The number of hydrogen-bond donors (Lipinski definition) is 0. The molecular weight excluding hydrogens is 390 g/mol. The van der Waals surface area contributed by atoms with E-state index in [1.54, 1.807) is 28.6 Å². The van der Waals surface area contributed by atoms with Gasteiger partial charge in [-0.3, -0.25) is 4.79 Å². The third-order valence-corrected chi connectivity index (χ3v) is 7.56. The number of carbonyl (C=O) groups is 1. The van der Waals surface area contributed by atoms with Gasteiger partial charge in [0.05, 0.1) is 13.2 Å². The van der Waals surface area contributed by atoms with E-state index in [0.29, 0.717) is 45.1 Å². The maximum atomic E-state index is 13.4. The predicted octanol–water partition coefficient (Wildman–Crippen LogP) is 1.90. The van der Waals surface area contributed by atoms with Crippen LogP contribution in [0.3, 0.4) is 0 Å². The highest BCUT2D eigenvalue weighted by Crippen LogP contribution is 2.39. The Kier molecular flexibility index (Phi) is 6.55. The van der Waals surface area contributed by atoms with Crippen LogP contribution in [0.4, 0.5) is 0 Å². The number of para-hydroxylation sites is 1. The molecule has 3 rings (SSSR count). The second kappa shape index (κ2) is 8.62. The topological polar surface area (TPSA) is 70.2 Å². The fraction of sp³-hybridized carbons (Fsp3) is 0.667. The first-order valence-electron chi connectivity index (χ1n) is 10.3. The average molecular weight is 424 g/mol. The van der Waals surface area contributed by atoms with Crippen molar-refractivity contribution in [1.29, 1.82) is 0 Å². The molecule has 1 saturated heterocycles. The van der Waals surface area contributed by atoms with Crippen molar-refractivity contribution in [2.75, 3.05) is 53.4 Å². The number of benzene rings is 1. The van der Waals surface area contributed by atoms with Crippen LogP contribution in [0.1, 0.15) is 26.7 Å². The van der Waals surface area contributed by atoms with Crippen molar-refractivity contribution in [1.82, 2.24) is 14.1 Å². The number of rotatable bonds is 4. The van der Waals surface area contributed by atoms with Gasteiger partial charge in [-0.25, -0.2) is 8.42 Å². The van der Waals surface area contributed by atoms with E-state index in [-0.39, 0.29) is 22.1 Å². The van der Waals surface area contributed by atoms with E-state index in [9.17, 15) is 13.2 Å². The Labute approximate surface area is 174 Å². The molecule has 1 fully saturated rings. The lowest BCUT2D eigenvalue weighted by atomic mass is 9.78. The largest absolute Gasteiger partial charge is 0.492 e. The smallest absolute Gasteiger partial charge is 0.246 e. The van der Waals surface area contributed by atoms with Crippen LogP contribution in [-0.2, 0) is 14.8 Å². The van der Waals surface area contributed by atoms with E-state index in [0.717, 1.165) is 12.8 Å². The highest BCUT2D eigenvalue weighted by atomic mass is 32.2. The van der Waals surface area contributed by atoms with Gasteiger partial charge in [0.2, 0.25) is 15.9 Å². The Balaban J connectivity index is 1.86. The maximum Gasteiger partial charge on any atom is 0.246 e. The molecule has 0 saturated carbocycles. The first-order chi connectivity index (χ1) is 13.6. The zero-order valence-electron chi connectivity index (χ0n) is 17.9. The van der Waals surface area contributed by atoms with Crippen molar-refractivity contribution in [2.24, 2.45) is 11.3 Å². The normalized spacial score (nSPS) is 21.5. The zero-order valence-corrected chi connectivity index (χ0v) is 18.7. The summed E-state index contributed by atoms with van der Waals surface area (Å²) in [6.07, 6.45) is 1.47. The summed E-state index contributed by atoms with van der Waals surface area (Å²) in [7, 11) is 0.136. The Morgan fingerprint density at radius 3 is 2.48 bits per heavy atom. The van der Waals surface area contributed by atoms with Crippen LogP contribution in [0.25, 0.3) is 0 Å². The van der Waals surface area contributed by atoms with Crippen molar-refractivity contribution in [3.8, 4) is 5.75 Å². The van der Waals surface area contributed by atoms with E-state index in [2.05, 4.69) is 0 Å². The van der Waals surface area contributed by atoms with Crippen LogP contribution < -0.4 is 4.74 Å². The second-order valence-corrected chi connectivity index (χ2v) is 11.0. The van der Waals surface area contributed by atoms with Gasteiger partial charge in [-0.05, 0) is 45.0 Å². The molecule has 1 spiro atoms. The van der Waals surface area contributed by atoms with E-state index < -0.39 is 10.0 Å². The molecule has 0 aromatic heterocycles. The molecule has 0 bridgehead atoms. The van der Waals surface area contributed by atoms with Gasteiger partial charge in [-0.1, -0.05) is 26.0 Å². The Morgan fingerprint density at radius 1 is 1.21 bits per heavy atom. The van der Waals surface area contributed by atoms with E-state index >= 15 is 0 Å². The summed E-state index contributed by atoms with van der Waals surface area (Å²) in [6.45, 7) is 7.09. The molecule has 1 aromatic rings. The summed E-state index contributed by atoms with van der Waals surface area (Å²) >= 11 is 0. The maximum absolute atomic E-state index is 13.4. The number of nitrogens with zero attached hydrogens (tertiary/aromatic N) is 3. The molecule has 0 unspecified atom stereocenters. The van der Waals surface area contributed by atoms with Gasteiger partial charge in [-0.15, -0.1) is 0 Å². The summed E-state index contributed by atoms with van der Waals surface area (Å²) < 4.78 is 34.5. The first kappa shape index (κ1) is 22.1. The van der Waals surface area contributed by atoms with Gasteiger partial charge < -0.3 is 14.5 Å². The van der Waals surface area contributed by atoms with Crippen molar-refractivity contribution < 1.29 is 17.9 Å². The molecule has 2 aliphatic heterocycles. The minimum atomic E-state index is -3.64.